The largest absolute Gasteiger partial charge is 0.497 e. The Morgan fingerprint density at radius 1 is 0.969 bits per heavy atom. The molecule has 2 aromatic carbocycles. The van der Waals surface area contributed by atoms with Gasteiger partial charge >= 0.3 is 5.97 Å². The third-order valence-electron chi connectivity index (χ3n) is 5.14. The van der Waals surface area contributed by atoms with Crippen molar-refractivity contribution in [1.29, 1.82) is 0 Å². The Morgan fingerprint density at radius 2 is 1.50 bits per heavy atom. The van der Waals surface area contributed by atoms with Crippen LogP contribution in [0, 0.1) is 0 Å². The lowest BCUT2D eigenvalue weighted by Gasteiger charge is -2.34. The van der Waals surface area contributed by atoms with Crippen LogP contribution in [0.2, 0.25) is 0 Å². The van der Waals surface area contributed by atoms with Crippen LogP contribution in [0.5, 0.6) is 5.75 Å². The third-order valence-corrected chi connectivity index (χ3v) is 6.99. The summed E-state index contributed by atoms with van der Waals surface area (Å²) in [6.45, 7) is 5.67. The average molecular weight is 462 g/mol. The number of Topliss-reactive ketones (excluding diaryl/α,β-unsaturated/α-hetero) is 1. The third kappa shape index (κ3) is 5.35. The minimum absolute atomic E-state index is 0.0812. The zero-order valence-corrected chi connectivity index (χ0v) is 19.3. The minimum atomic E-state index is -3.71. The van der Waals surface area contributed by atoms with Gasteiger partial charge in [0.15, 0.2) is 6.10 Å². The number of rotatable bonds is 7. The number of carbonyl (C=O) groups is 2. The molecule has 1 fully saturated rings. The maximum absolute atomic E-state index is 12.9. The van der Waals surface area contributed by atoms with Gasteiger partial charge in [-0.15, -0.1) is 0 Å². The number of hydrogen-bond acceptors (Lipinski definition) is 7. The van der Waals surface area contributed by atoms with Gasteiger partial charge in [-0.2, -0.15) is 4.31 Å². The van der Waals surface area contributed by atoms with Gasteiger partial charge in [0.2, 0.25) is 15.8 Å². The molecule has 3 rings (SSSR count). The highest BCUT2D eigenvalue weighted by Crippen LogP contribution is 2.22. The van der Waals surface area contributed by atoms with Crippen molar-refractivity contribution < 1.29 is 32.2 Å². The van der Waals surface area contributed by atoms with E-state index in [1.807, 2.05) is 13.8 Å². The Balaban J connectivity index is 1.67. The van der Waals surface area contributed by atoms with Crippen molar-refractivity contribution in [3.05, 3.63) is 59.7 Å². The number of benzene rings is 2. The van der Waals surface area contributed by atoms with E-state index in [2.05, 4.69) is 0 Å². The summed E-state index contributed by atoms with van der Waals surface area (Å²) in [6.07, 6.45) is -1.41. The lowest BCUT2D eigenvalue weighted by atomic mass is 10.1. The Hall–Kier alpha value is -2.75. The number of morpholine rings is 1. The van der Waals surface area contributed by atoms with Gasteiger partial charge in [0.1, 0.15) is 5.75 Å². The first-order valence-electron chi connectivity index (χ1n) is 10.3. The monoisotopic (exact) mass is 461 g/mol. The molecular formula is C23H27NO7S. The lowest BCUT2D eigenvalue weighted by Crippen LogP contribution is -2.48. The molecule has 2 aromatic rings. The maximum Gasteiger partial charge on any atom is 0.338 e. The standard InChI is InChI=1S/C23H27NO7S/c1-15-13-24(14-16(2)30-15)32(27,28)21-11-7-19(8-12-21)23(26)31-17(3)22(25)18-5-9-20(29-4)10-6-18/h5-12,15-17H,13-14H2,1-4H3/t15-,16-,17+/m1/s1. The number of hydrogen-bond donors (Lipinski definition) is 0. The smallest absolute Gasteiger partial charge is 0.338 e. The fourth-order valence-corrected chi connectivity index (χ4v) is 5.10. The zero-order valence-electron chi connectivity index (χ0n) is 18.5. The summed E-state index contributed by atoms with van der Waals surface area (Å²) in [5, 5.41) is 0. The van der Waals surface area contributed by atoms with E-state index in [0.29, 0.717) is 11.3 Å². The van der Waals surface area contributed by atoms with E-state index in [-0.39, 0.29) is 41.5 Å². The predicted octanol–water partition coefficient (Wildman–Crippen LogP) is 2.92. The number of sulfonamides is 1. The Morgan fingerprint density at radius 3 is 2.03 bits per heavy atom. The Bertz CT molecular complexity index is 1050. The van der Waals surface area contributed by atoms with Crippen LogP contribution in [-0.2, 0) is 19.5 Å². The highest BCUT2D eigenvalue weighted by atomic mass is 32.2. The van der Waals surface area contributed by atoms with E-state index in [9.17, 15) is 18.0 Å². The van der Waals surface area contributed by atoms with Crippen LogP contribution in [0.4, 0.5) is 0 Å². The van der Waals surface area contributed by atoms with Crippen molar-refractivity contribution in [2.24, 2.45) is 0 Å². The molecule has 1 heterocycles. The van der Waals surface area contributed by atoms with Crippen LogP contribution < -0.4 is 4.74 Å². The first kappa shape index (κ1) is 23.9. The van der Waals surface area contributed by atoms with Crippen molar-refractivity contribution in [1.82, 2.24) is 4.31 Å². The molecule has 0 bridgehead atoms. The predicted molar refractivity (Wildman–Crippen MR) is 117 cm³/mol. The van der Waals surface area contributed by atoms with Gasteiger partial charge < -0.3 is 14.2 Å². The van der Waals surface area contributed by atoms with Gasteiger partial charge in [0.05, 0.1) is 29.8 Å². The molecule has 0 unspecified atom stereocenters. The van der Waals surface area contributed by atoms with Gasteiger partial charge in [0.25, 0.3) is 0 Å². The lowest BCUT2D eigenvalue weighted by molar-refractivity contribution is -0.0440. The normalized spacial score (nSPS) is 20.4. The fraction of sp³-hybridized carbons (Fsp3) is 0.391. The summed E-state index contributed by atoms with van der Waals surface area (Å²) in [6, 6.07) is 12.0. The van der Waals surface area contributed by atoms with Crippen LogP contribution in [0.3, 0.4) is 0 Å². The molecule has 0 radical (unpaired) electrons. The summed E-state index contributed by atoms with van der Waals surface area (Å²) in [7, 11) is -2.18. The molecule has 1 saturated heterocycles. The second kappa shape index (κ2) is 9.81. The summed E-state index contributed by atoms with van der Waals surface area (Å²) in [5.41, 5.74) is 0.545. The Kier molecular flexibility index (Phi) is 7.33. The maximum atomic E-state index is 12.9. The fourth-order valence-electron chi connectivity index (χ4n) is 3.51. The molecule has 3 atom stereocenters. The van der Waals surface area contributed by atoms with Crippen LogP contribution >= 0.6 is 0 Å². The summed E-state index contributed by atoms with van der Waals surface area (Å²) in [5.74, 6) is -0.449. The summed E-state index contributed by atoms with van der Waals surface area (Å²) in [4.78, 5) is 25.1. The summed E-state index contributed by atoms with van der Waals surface area (Å²) < 4.78 is 43.2. The van der Waals surface area contributed by atoms with E-state index in [1.54, 1.807) is 24.3 Å². The molecule has 0 saturated carbocycles. The molecule has 0 amide bonds. The SMILES string of the molecule is COc1ccc(C(=O)[C@H](C)OC(=O)c2ccc(S(=O)(=O)N3C[C@@H](C)O[C@H](C)C3)cc2)cc1. The second-order valence-corrected chi connectivity index (χ2v) is 9.68. The second-order valence-electron chi connectivity index (χ2n) is 7.74. The number of methoxy groups -OCH3 is 1. The van der Waals surface area contributed by atoms with E-state index >= 15 is 0 Å². The molecule has 0 aliphatic carbocycles. The van der Waals surface area contributed by atoms with Gasteiger partial charge in [0, 0.05) is 18.7 Å². The van der Waals surface area contributed by atoms with Gasteiger partial charge in [-0.25, -0.2) is 13.2 Å². The number of ether oxygens (including phenoxy) is 3. The molecule has 172 valence electrons. The van der Waals surface area contributed by atoms with Crippen LogP contribution in [0.25, 0.3) is 0 Å². The van der Waals surface area contributed by atoms with Crippen LogP contribution in [-0.4, -0.2) is 63.0 Å². The van der Waals surface area contributed by atoms with E-state index in [1.165, 1.54) is 42.6 Å². The number of ketones is 1. The zero-order chi connectivity index (χ0) is 23.5. The molecule has 0 aromatic heterocycles. The minimum Gasteiger partial charge on any atom is -0.497 e. The average Bonchev–Trinajstić information content (AvgIpc) is 2.78. The van der Waals surface area contributed by atoms with Crippen molar-refractivity contribution >= 4 is 21.8 Å². The van der Waals surface area contributed by atoms with Crippen LogP contribution in [0.1, 0.15) is 41.5 Å². The Labute approximate surface area is 188 Å². The van der Waals surface area contributed by atoms with Gasteiger partial charge in [-0.05, 0) is 69.3 Å². The van der Waals surface area contributed by atoms with E-state index in [4.69, 9.17) is 14.2 Å². The van der Waals surface area contributed by atoms with Crippen molar-refractivity contribution in [2.45, 2.75) is 44.0 Å². The van der Waals surface area contributed by atoms with E-state index < -0.39 is 22.1 Å². The van der Waals surface area contributed by atoms with Crippen molar-refractivity contribution in [2.75, 3.05) is 20.2 Å². The molecule has 0 spiro atoms. The molecule has 9 heteroatoms. The van der Waals surface area contributed by atoms with Gasteiger partial charge in [-0.3, -0.25) is 4.79 Å². The highest BCUT2D eigenvalue weighted by Gasteiger charge is 2.32. The molecular weight excluding hydrogens is 434 g/mol. The van der Waals surface area contributed by atoms with Crippen LogP contribution in [0.15, 0.2) is 53.4 Å². The molecule has 0 N–H and O–H groups in total. The molecule has 1 aliphatic heterocycles. The first-order valence-corrected chi connectivity index (χ1v) is 11.7. The molecule has 8 nitrogen and oxygen atoms in total. The topological polar surface area (TPSA) is 99.2 Å². The quantitative estimate of drug-likeness (QED) is 0.462. The number of esters is 1. The number of nitrogens with zero attached hydrogens (tertiary/aromatic N) is 1. The summed E-state index contributed by atoms with van der Waals surface area (Å²) >= 11 is 0. The molecule has 32 heavy (non-hydrogen) atoms. The first-order chi connectivity index (χ1) is 15.1. The number of carbonyl (C=O) groups excluding carboxylic acids is 2. The van der Waals surface area contributed by atoms with Crippen molar-refractivity contribution in [3.8, 4) is 5.75 Å². The van der Waals surface area contributed by atoms with Crippen molar-refractivity contribution in [3.63, 3.8) is 0 Å². The van der Waals surface area contributed by atoms with E-state index in [0.717, 1.165) is 0 Å². The van der Waals surface area contributed by atoms with Gasteiger partial charge in [-0.1, -0.05) is 0 Å². The highest BCUT2D eigenvalue weighted by molar-refractivity contribution is 7.89. The molecule has 1 aliphatic rings.